The Bertz CT molecular complexity index is 954. The van der Waals surface area contributed by atoms with Gasteiger partial charge in [0.25, 0.3) is 0 Å². The average Bonchev–Trinajstić information content (AvgIpc) is 2.88. The normalized spacial score (nSPS) is 24.5. The van der Waals surface area contributed by atoms with Crippen molar-refractivity contribution in [2.75, 3.05) is 0 Å². The zero-order chi connectivity index (χ0) is 23.8. The summed E-state index contributed by atoms with van der Waals surface area (Å²) in [7, 11) is 0. The second-order valence-electron chi connectivity index (χ2n) is 10.3. The minimum Gasteiger partial charge on any atom is -0.423 e. The molecule has 34 heavy (non-hydrogen) atoms. The van der Waals surface area contributed by atoms with Crippen LogP contribution in [0, 0.1) is 17.8 Å². The van der Waals surface area contributed by atoms with E-state index in [1.807, 2.05) is 43.3 Å². The van der Waals surface area contributed by atoms with Crippen LogP contribution in [-0.2, 0) is 6.42 Å². The lowest BCUT2D eigenvalue weighted by Gasteiger charge is -2.42. The number of allylic oxidation sites excluding steroid dienone is 3. The Morgan fingerprint density at radius 3 is 2.41 bits per heavy atom. The van der Waals surface area contributed by atoms with Gasteiger partial charge in [-0.05, 0) is 124 Å². The van der Waals surface area contributed by atoms with Crippen LogP contribution >= 0.6 is 0 Å². The first kappa shape index (κ1) is 24.5. The highest BCUT2D eigenvalue weighted by Crippen LogP contribution is 2.48. The molecule has 4 rings (SSSR count). The molecule has 2 aromatic rings. The van der Waals surface area contributed by atoms with Gasteiger partial charge in [0, 0.05) is 0 Å². The van der Waals surface area contributed by atoms with Crippen molar-refractivity contribution in [2.45, 2.75) is 77.0 Å². The number of esters is 1. The van der Waals surface area contributed by atoms with Crippen LogP contribution in [0.2, 0.25) is 0 Å². The van der Waals surface area contributed by atoms with Crippen molar-refractivity contribution in [3.05, 3.63) is 90.0 Å². The molecule has 2 heteroatoms. The smallest absolute Gasteiger partial charge is 0.343 e. The molecule has 0 aliphatic heterocycles. The van der Waals surface area contributed by atoms with Crippen LogP contribution in [0.4, 0.5) is 0 Å². The topological polar surface area (TPSA) is 26.3 Å². The zero-order valence-corrected chi connectivity index (χ0v) is 20.8. The largest absolute Gasteiger partial charge is 0.423 e. The molecule has 180 valence electrons. The Morgan fingerprint density at radius 1 is 0.941 bits per heavy atom. The summed E-state index contributed by atoms with van der Waals surface area (Å²) < 4.78 is 5.62. The molecule has 0 spiro atoms. The number of aryl methyl sites for hydroxylation is 1. The average molecular weight is 457 g/mol. The van der Waals surface area contributed by atoms with Gasteiger partial charge in [-0.2, -0.15) is 0 Å². The van der Waals surface area contributed by atoms with Gasteiger partial charge in [-0.1, -0.05) is 48.9 Å². The van der Waals surface area contributed by atoms with Gasteiger partial charge in [-0.15, -0.1) is 6.58 Å². The molecule has 0 heterocycles. The quantitative estimate of drug-likeness (QED) is 0.214. The summed E-state index contributed by atoms with van der Waals surface area (Å²) in [6.07, 6.45) is 19.0. The van der Waals surface area contributed by atoms with Gasteiger partial charge < -0.3 is 4.74 Å². The van der Waals surface area contributed by atoms with E-state index in [4.69, 9.17) is 4.74 Å². The van der Waals surface area contributed by atoms with Crippen molar-refractivity contribution < 1.29 is 9.53 Å². The van der Waals surface area contributed by atoms with Crippen LogP contribution in [-0.4, -0.2) is 5.97 Å². The van der Waals surface area contributed by atoms with Crippen molar-refractivity contribution >= 4 is 5.97 Å². The monoisotopic (exact) mass is 456 g/mol. The Hall–Kier alpha value is -2.61. The van der Waals surface area contributed by atoms with Crippen LogP contribution in [0.3, 0.4) is 0 Å². The fraction of sp³-hybridized carbons (Fsp3) is 0.469. The van der Waals surface area contributed by atoms with Crippen LogP contribution in [0.25, 0.3) is 0 Å². The van der Waals surface area contributed by atoms with Crippen LogP contribution in [0.15, 0.2) is 73.3 Å². The van der Waals surface area contributed by atoms with E-state index in [1.165, 1.54) is 62.5 Å². The molecule has 2 aliphatic rings. The van der Waals surface area contributed by atoms with Crippen molar-refractivity contribution in [3.8, 4) is 5.75 Å². The number of carbonyl (C=O) groups is 1. The number of benzene rings is 2. The van der Waals surface area contributed by atoms with Gasteiger partial charge in [0.15, 0.2) is 0 Å². The first-order chi connectivity index (χ1) is 16.7. The van der Waals surface area contributed by atoms with Gasteiger partial charge >= 0.3 is 5.97 Å². The standard InChI is InChI=1S/C32H40O2/c1-3-5-7-9-24-11-20-31(21-12-24)34-32(33)27-16-14-26(15-17-27)29-19-18-28-22-25(8-6-4-2)10-13-30(28)23-29/h3-5,11-12,14-17,20-21,25,28-30H,2,6-10,13,18-19,22-23H2,1H3/b5-3+. The molecular weight excluding hydrogens is 416 g/mol. The predicted octanol–water partition coefficient (Wildman–Crippen LogP) is 8.68. The van der Waals surface area contributed by atoms with E-state index in [9.17, 15) is 4.79 Å². The molecule has 2 fully saturated rings. The fourth-order valence-electron chi connectivity index (χ4n) is 6.10. The molecule has 0 radical (unpaired) electrons. The van der Waals surface area contributed by atoms with Crippen molar-refractivity contribution in [1.29, 1.82) is 0 Å². The summed E-state index contributed by atoms with van der Waals surface area (Å²) in [6, 6.07) is 16.1. The van der Waals surface area contributed by atoms with Gasteiger partial charge in [0.05, 0.1) is 5.56 Å². The van der Waals surface area contributed by atoms with E-state index in [-0.39, 0.29) is 5.97 Å². The summed E-state index contributed by atoms with van der Waals surface area (Å²) in [5, 5.41) is 0. The van der Waals surface area contributed by atoms with E-state index >= 15 is 0 Å². The number of hydrogen-bond donors (Lipinski definition) is 0. The number of fused-ring (bicyclic) bond motifs is 1. The second kappa shape index (κ2) is 12.2. The first-order valence-electron chi connectivity index (χ1n) is 13.3. The maximum absolute atomic E-state index is 12.7. The van der Waals surface area contributed by atoms with E-state index < -0.39 is 0 Å². The number of carbonyl (C=O) groups excluding carboxylic acids is 1. The summed E-state index contributed by atoms with van der Waals surface area (Å²) in [5.74, 6) is 3.66. The highest BCUT2D eigenvalue weighted by molar-refractivity contribution is 5.91. The summed E-state index contributed by atoms with van der Waals surface area (Å²) in [5.41, 5.74) is 3.26. The molecule has 0 amide bonds. The third-order valence-corrected chi connectivity index (χ3v) is 8.09. The molecule has 0 saturated heterocycles. The minimum absolute atomic E-state index is 0.283. The second-order valence-corrected chi connectivity index (χ2v) is 10.3. The Morgan fingerprint density at radius 2 is 1.68 bits per heavy atom. The number of rotatable bonds is 9. The van der Waals surface area contributed by atoms with Crippen LogP contribution < -0.4 is 4.74 Å². The van der Waals surface area contributed by atoms with Gasteiger partial charge in [-0.25, -0.2) is 4.79 Å². The summed E-state index contributed by atoms with van der Waals surface area (Å²) >= 11 is 0. The molecule has 0 aromatic heterocycles. The van der Waals surface area contributed by atoms with Crippen molar-refractivity contribution in [3.63, 3.8) is 0 Å². The Labute approximate surface area is 206 Å². The molecule has 4 atom stereocenters. The van der Waals surface area contributed by atoms with E-state index in [1.54, 1.807) is 0 Å². The van der Waals surface area contributed by atoms with E-state index in [2.05, 4.69) is 36.9 Å². The first-order valence-corrected chi connectivity index (χ1v) is 13.3. The van der Waals surface area contributed by atoms with Crippen LogP contribution in [0.5, 0.6) is 5.75 Å². The van der Waals surface area contributed by atoms with Gasteiger partial charge in [0.2, 0.25) is 0 Å². The highest BCUT2D eigenvalue weighted by Gasteiger charge is 2.35. The van der Waals surface area contributed by atoms with E-state index in [0.29, 0.717) is 17.2 Å². The van der Waals surface area contributed by atoms with Gasteiger partial charge in [-0.3, -0.25) is 0 Å². The summed E-state index contributed by atoms with van der Waals surface area (Å²) in [4.78, 5) is 12.7. The number of hydrogen-bond acceptors (Lipinski definition) is 2. The molecule has 2 aliphatic carbocycles. The molecule has 0 bridgehead atoms. The lowest BCUT2D eigenvalue weighted by molar-refractivity contribution is 0.0734. The molecule has 2 saturated carbocycles. The minimum atomic E-state index is -0.283. The Balaban J connectivity index is 1.28. The molecular formula is C32H40O2. The maximum atomic E-state index is 12.7. The molecule has 0 N–H and O–H groups in total. The molecule has 2 aromatic carbocycles. The van der Waals surface area contributed by atoms with Crippen molar-refractivity contribution in [1.82, 2.24) is 0 Å². The van der Waals surface area contributed by atoms with Gasteiger partial charge in [0.1, 0.15) is 5.75 Å². The zero-order valence-electron chi connectivity index (χ0n) is 20.8. The third-order valence-electron chi connectivity index (χ3n) is 8.09. The maximum Gasteiger partial charge on any atom is 0.343 e. The lowest BCUT2D eigenvalue weighted by Crippen LogP contribution is -2.30. The fourth-order valence-corrected chi connectivity index (χ4v) is 6.10. The number of ether oxygens (including phenoxy) is 1. The molecule has 4 unspecified atom stereocenters. The lowest BCUT2D eigenvalue weighted by atomic mass is 9.63. The Kier molecular flexibility index (Phi) is 8.79. The third kappa shape index (κ3) is 6.50. The highest BCUT2D eigenvalue weighted by atomic mass is 16.5. The van der Waals surface area contributed by atoms with Crippen molar-refractivity contribution in [2.24, 2.45) is 17.8 Å². The SMILES string of the molecule is C=CCCC1CCC2CC(c3ccc(C(=O)Oc4ccc(CC/C=C/C)cc4)cc3)CCC2C1. The summed E-state index contributed by atoms with van der Waals surface area (Å²) in [6.45, 7) is 5.93. The predicted molar refractivity (Wildman–Crippen MR) is 141 cm³/mol. The van der Waals surface area contributed by atoms with E-state index in [0.717, 1.165) is 30.6 Å². The van der Waals surface area contributed by atoms with Crippen LogP contribution in [0.1, 0.15) is 92.1 Å². The molecule has 2 nitrogen and oxygen atoms in total.